The van der Waals surface area contributed by atoms with E-state index in [2.05, 4.69) is 29.2 Å². The Morgan fingerprint density at radius 1 is 0.756 bits per heavy atom. The zero-order valence-corrected chi connectivity index (χ0v) is 24.3. The van der Waals surface area contributed by atoms with Gasteiger partial charge in [-0.3, -0.25) is 14.5 Å². The van der Waals surface area contributed by atoms with Crippen LogP contribution in [0.3, 0.4) is 0 Å². The standard InChI is InChI=1S/C17H21NO4.C16H21NO2/c1-21-15(19)17-9-5-8-14(17)10-18(12-17)16(20)22-11-13-6-3-2-4-7-13;1-19-15(18)16-9-5-8-14(16)11-17(12-16)10-13-6-3-2-4-7-13/h2-4,6-7,14H,5,8-12H2,1H3;2-4,6-7,14H,5,8-12H2,1H3. The van der Waals surface area contributed by atoms with Crippen molar-refractivity contribution in [3.05, 3.63) is 71.8 Å². The number of rotatable bonds is 6. The molecule has 8 heteroatoms. The Labute approximate surface area is 242 Å². The molecule has 0 aromatic heterocycles. The number of methoxy groups -OCH3 is 2. The van der Waals surface area contributed by atoms with Crippen LogP contribution in [0.4, 0.5) is 4.79 Å². The lowest BCUT2D eigenvalue weighted by Gasteiger charge is -2.25. The number of ether oxygens (including phenoxy) is 3. The smallest absolute Gasteiger partial charge is 0.410 e. The van der Waals surface area contributed by atoms with Gasteiger partial charge in [0.05, 0.1) is 25.0 Å². The Hall–Kier alpha value is -3.39. The van der Waals surface area contributed by atoms with Crippen LogP contribution in [0.2, 0.25) is 0 Å². The van der Waals surface area contributed by atoms with Gasteiger partial charge in [-0.05, 0) is 48.6 Å². The Morgan fingerprint density at radius 2 is 1.29 bits per heavy atom. The van der Waals surface area contributed by atoms with E-state index in [1.165, 1.54) is 32.6 Å². The maximum Gasteiger partial charge on any atom is 0.410 e. The van der Waals surface area contributed by atoms with Gasteiger partial charge in [0.1, 0.15) is 6.61 Å². The Bertz CT molecular complexity index is 1210. The zero-order valence-electron chi connectivity index (χ0n) is 24.3. The number of esters is 2. The number of likely N-dealkylation sites (tertiary alicyclic amines) is 2. The molecule has 4 fully saturated rings. The summed E-state index contributed by atoms with van der Waals surface area (Å²) in [5, 5.41) is 0. The number of benzene rings is 2. The summed E-state index contributed by atoms with van der Waals surface area (Å²) >= 11 is 0. The highest BCUT2D eigenvalue weighted by molar-refractivity contribution is 5.80. The first-order chi connectivity index (χ1) is 19.9. The van der Waals surface area contributed by atoms with Gasteiger partial charge in [-0.1, -0.05) is 73.5 Å². The molecule has 2 aliphatic carbocycles. The van der Waals surface area contributed by atoms with E-state index < -0.39 is 5.41 Å². The highest BCUT2D eigenvalue weighted by Gasteiger charge is 2.57. The molecule has 8 nitrogen and oxygen atoms in total. The minimum absolute atomic E-state index is 0.00515. The van der Waals surface area contributed by atoms with Crippen molar-refractivity contribution in [2.24, 2.45) is 22.7 Å². The van der Waals surface area contributed by atoms with Gasteiger partial charge in [0, 0.05) is 32.7 Å². The van der Waals surface area contributed by atoms with Gasteiger partial charge in [-0.15, -0.1) is 0 Å². The van der Waals surface area contributed by atoms with Crippen LogP contribution in [0.15, 0.2) is 60.7 Å². The molecule has 4 aliphatic rings. The van der Waals surface area contributed by atoms with E-state index in [0.29, 0.717) is 19.0 Å². The van der Waals surface area contributed by atoms with Crippen molar-refractivity contribution in [1.29, 1.82) is 0 Å². The van der Waals surface area contributed by atoms with Crippen LogP contribution >= 0.6 is 0 Å². The number of hydrogen-bond donors (Lipinski definition) is 0. The number of carbonyl (C=O) groups is 3. The third-order valence-electron chi connectivity index (χ3n) is 9.71. The molecule has 0 radical (unpaired) electrons. The van der Waals surface area contributed by atoms with Crippen LogP contribution in [0.25, 0.3) is 0 Å². The number of nitrogens with zero attached hydrogens (tertiary/aromatic N) is 2. The average molecular weight is 563 g/mol. The van der Waals surface area contributed by atoms with E-state index in [9.17, 15) is 14.4 Å². The molecule has 41 heavy (non-hydrogen) atoms. The predicted molar refractivity (Wildman–Crippen MR) is 153 cm³/mol. The van der Waals surface area contributed by atoms with Gasteiger partial charge in [0.25, 0.3) is 0 Å². The van der Waals surface area contributed by atoms with Gasteiger partial charge < -0.3 is 19.1 Å². The van der Waals surface area contributed by atoms with Crippen LogP contribution in [-0.4, -0.2) is 68.2 Å². The molecule has 6 rings (SSSR count). The largest absolute Gasteiger partial charge is 0.469 e. The van der Waals surface area contributed by atoms with E-state index in [4.69, 9.17) is 14.2 Å². The molecule has 2 heterocycles. The van der Waals surface area contributed by atoms with E-state index in [-0.39, 0.29) is 36.0 Å². The second kappa shape index (κ2) is 12.6. The molecular weight excluding hydrogens is 520 g/mol. The maximum atomic E-state index is 12.3. The number of carbonyl (C=O) groups excluding carboxylic acids is 3. The van der Waals surface area contributed by atoms with Crippen LogP contribution in [0.1, 0.15) is 49.7 Å². The second-order valence-corrected chi connectivity index (χ2v) is 12.0. The van der Waals surface area contributed by atoms with Crippen LogP contribution in [0.5, 0.6) is 0 Å². The van der Waals surface area contributed by atoms with Crippen molar-refractivity contribution in [3.63, 3.8) is 0 Å². The Morgan fingerprint density at radius 3 is 1.88 bits per heavy atom. The summed E-state index contributed by atoms with van der Waals surface area (Å²) in [6.07, 6.45) is 5.77. The van der Waals surface area contributed by atoms with E-state index in [0.717, 1.165) is 50.9 Å². The third kappa shape index (κ3) is 5.98. The van der Waals surface area contributed by atoms with Crippen molar-refractivity contribution in [3.8, 4) is 0 Å². The van der Waals surface area contributed by atoms with Gasteiger partial charge in [-0.25, -0.2) is 4.79 Å². The molecule has 4 atom stereocenters. The summed E-state index contributed by atoms with van der Waals surface area (Å²) in [6.45, 7) is 4.09. The van der Waals surface area contributed by atoms with Crippen molar-refractivity contribution in [2.45, 2.75) is 51.7 Å². The molecule has 1 amide bonds. The number of amides is 1. The quantitative estimate of drug-likeness (QED) is 0.359. The highest BCUT2D eigenvalue weighted by Crippen LogP contribution is 2.50. The molecule has 2 aliphatic heterocycles. The van der Waals surface area contributed by atoms with Crippen LogP contribution in [-0.2, 0) is 37.0 Å². The fraction of sp³-hybridized carbons (Fsp3) is 0.545. The molecular formula is C33H42N2O6. The first kappa shape index (κ1) is 29.1. The first-order valence-electron chi connectivity index (χ1n) is 14.8. The predicted octanol–water partition coefficient (Wildman–Crippen LogP) is 5.06. The van der Waals surface area contributed by atoms with Gasteiger partial charge >= 0.3 is 18.0 Å². The van der Waals surface area contributed by atoms with Gasteiger partial charge in [0.15, 0.2) is 0 Å². The van der Waals surface area contributed by atoms with Crippen molar-refractivity contribution < 1.29 is 28.6 Å². The summed E-state index contributed by atoms with van der Waals surface area (Å²) in [5.74, 6) is 0.506. The molecule has 0 N–H and O–H groups in total. The molecule has 0 spiro atoms. The molecule has 2 aromatic rings. The van der Waals surface area contributed by atoms with Crippen molar-refractivity contribution in [1.82, 2.24) is 9.80 Å². The molecule has 0 bridgehead atoms. The van der Waals surface area contributed by atoms with Crippen molar-refractivity contribution in [2.75, 3.05) is 40.4 Å². The molecule has 2 saturated carbocycles. The van der Waals surface area contributed by atoms with Crippen LogP contribution in [0, 0.1) is 22.7 Å². The van der Waals surface area contributed by atoms with Crippen molar-refractivity contribution >= 4 is 18.0 Å². The molecule has 220 valence electrons. The lowest BCUT2D eigenvalue weighted by Crippen LogP contribution is -2.38. The van der Waals surface area contributed by atoms with E-state index >= 15 is 0 Å². The Kier molecular flexibility index (Phi) is 8.97. The van der Waals surface area contributed by atoms with Gasteiger partial charge in [-0.2, -0.15) is 0 Å². The van der Waals surface area contributed by atoms with Gasteiger partial charge in [0.2, 0.25) is 0 Å². The summed E-state index contributed by atoms with van der Waals surface area (Å²) < 4.78 is 15.4. The van der Waals surface area contributed by atoms with Crippen LogP contribution < -0.4 is 0 Å². The maximum absolute atomic E-state index is 12.3. The highest BCUT2D eigenvalue weighted by atomic mass is 16.6. The zero-order chi connectivity index (χ0) is 28.9. The summed E-state index contributed by atoms with van der Waals surface area (Å²) in [5.41, 5.74) is 1.55. The molecule has 2 aromatic carbocycles. The first-order valence-corrected chi connectivity index (χ1v) is 14.8. The summed E-state index contributed by atoms with van der Waals surface area (Å²) in [7, 11) is 2.94. The average Bonchev–Trinajstić information content (AvgIpc) is 3.76. The second-order valence-electron chi connectivity index (χ2n) is 12.0. The molecule has 2 saturated heterocycles. The molecule has 4 unspecified atom stereocenters. The summed E-state index contributed by atoms with van der Waals surface area (Å²) in [6, 6.07) is 20.1. The Balaban J connectivity index is 0.000000166. The summed E-state index contributed by atoms with van der Waals surface area (Å²) in [4.78, 5) is 40.7. The topological polar surface area (TPSA) is 85.4 Å². The normalized spacial score (nSPS) is 28.3. The number of hydrogen-bond acceptors (Lipinski definition) is 7. The van der Waals surface area contributed by atoms with E-state index in [1.54, 1.807) is 4.90 Å². The fourth-order valence-corrected chi connectivity index (χ4v) is 7.67. The third-order valence-corrected chi connectivity index (χ3v) is 9.71. The monoisotopic (exact) mass is 562 g/mol. The fourth-order valence-electron chi connectivity index (χ4n) is 7.67. The minimum Gasteiger partial charge on any atom is -0.469 e. The van der Waals surface area contributed by atoms with E-state index in [1.807, 2.05) is 36.4 Å². The number of fused-ring (bicyclic) bond motifs is 2. The minimum atomic E-state index is -0.513. The SMILES string of the molecule is COC(=O)C12CCCC1CN(C(=O)OCc1ccccc1)C2.COC(=O)C12CCCC1CN(Cc1ccccc1)C2. The lowest BCUT2D eigenvalue weighted by molar-refractivity contribution is -0.154. The lowest BCUT2D eigenvalue weighted by atomic mass is 9.81.